The van der Waals surface area contributed by atoms with Crippen molar-refractivity contribution >= 4 is 30.0 Å². The molecule has 1 rings (SSSR count). The van der Waals surface area contributed by atoms with E-state index in [4.69, 9.17) is 24.9 Å². The molecule has 0 aliphatic heterocycles. The fourth-order valence-corrected chi connectivity index (χ4v) is 5.16. The molecule has 0 aliphatic carbocycles. The lowest BCUT2D eigenvalue weighted by atomic mass is 10.3. The molecule has 8 nitrogen and oxygen atoms in total. The number of ether oxygens (including phenoxy) is 1. The first kappa shape index (κ1) is 27.2. The standard InChI is InChI=1S/C14H23N2O4PS.C2HF3O2/c1-11(2)19-14(17)12(3)16-21(18,22-10-9-15)20-13-7-5-4-6-8-13;3-2(4,5)1(6)7/h4-8,11-12H,9-10,15H2,1-3H3,(H,16,18);(H,6,7)/t12-,21+;/m0./s1. The van der Waals surface area contributed by atoms with Gasteiger partial charge in [0.25, 0.3) is 0 Å². The van der Waals surface area contributed by atoms with Crippen molar-refractivity contribution in [2.75, 3.05) is 12.3 Å². The number of esters is 1. The zero-order chi connectivity index (χ0) is 22.7. The summed E-state index contributed by atoms with van der Waals surface area (Å²) in [6, 6.07) is 8.05. The topological polar surface area (TPSA) is 128 Å². The lowest BCUT2D eigenvalue weighted by Crippen LogP contribution is -2.35. The molecule has 29 heavy (non-hydrogen) atoms. The van der Waals surface area contributed by atoms with Crippen LogP contribution in [0.2, 0.25) is 0 Å². The number of benzene rings is 1. The van der Waals surface area contributed by atoms with Crippen molar-refractivity contribution in [3.63, 3.8) is 0 Å². The maximum absolute atomic E-state index is 12.9. The molecule has 4 N–H and O–H groups in total. The SMILES string of the molecule is CC(C)OC(=O)[C@H](C)N[P@@](=O)(Oc1ccccc1)SCCN.O=C(O)C(F)(F)F. The number of nitrogens with two attached hydrogens (primary N) is 1. The predicted octanol–water partition coefficient (Wildman–Crippen LogP) is 3.43. The van der Waals surface area contributed by atoms with Gasteiger partial charge in [0.2, 0.25) is 0 Å². The lowest BCUT2D eigenvalue weighted by molar-refractivity contribution is -0.192. The molecule has 0 aliphatic rings. The van der Waals surface area contributed by atoms with Crippen LogP contribution < -0.4 is 15.3 Å². The Labute approximate surface area is 170 Å². The van der Waals surface area contributed by atoms with Crippen molar-refractivity contribution in [2.24, 2.45) is 5.73 Å². The summed E-state index contributed by atoms with van der Waals surface area (Å²) >= 11 is 1.07. The van der Waals surface area contributed by atoms with E-state index in [2.05, 4.69) is 5.09 Å². The second-order valence-corrected chi connectivity index (χ2v) is 9.98. The molecule has 0 saturated carbocycles. The average molecular weight is 460 g/mol. The Bertz CT molecular complexity index is 691. The summed E-state index contributed by atoms with van der Waals surface area (Å²) in [7, 11) is 0. The molecule has 0 unspecified atom stereocenters. The van der Waals surface area contributed by atoms with Crippen molar-refractivity contribution in [3.8, 4) is 5.75 Å². The number of hydrogen-bond acceptors (Lipinski definition) is 7. The van der Waals surface area contributed by atoms with Crippen molar-refractivity contribution in [1.82, 2.24) is 5.09 Å². The number of para-hydroxylation sites is 1. The molecule has 166 valence electrons. The number of carboxylic acid groups (broad SMARTS) is 1. The Morgan fingerprint density at radius 3 is 2.17 bits per heavy atom. The Morgan fingerprint density at radius 1 is 1.24 bits per heavy atom. The van der Waals surface area contributed by atoms with Crippen LogP contribution in [0.25, 0.3) is 0 Å². The predicted molar refractivity (Wildman–Crippen MR) is 104 cm³/mol. The van der Waals surface area contributed by atoms with Crippen molar-refractivity contribution < 1.29 is 41.7 Å². The van der Waals surface area contributed by atoms with Gasteiger partial charge in [-0.2, -0.15) is 13.2 Å². The van der Waals surface area contributed by atoms with E-state index in [0.717, 1.165) is 11.4 Å². The summed E-state index contributed by atoms with van der Waals surface area (Å²) < 4.78 is 55.3. The lowest BCUT2D eigenvalue weighted by Gasteiger charge is -2.23. The van der Waals surface area contributed by atoms with Gasteiger partial charge in [-0.15, -0.1) is 0 Å². The number of halogens is 3. The highest BCUT2D eigenvalue weighted by Gasteiger charge is 2.38. The Kier molecular flexibility index (Phi) is 12.0. The van der Waals surface area contributed by atoms with Gasteiger partial charge in [-0.3, -0.25) is 4.79 Å². The van der Waals surface area contributed by atoms with Gasteiger partial charge in [0, 0.05) is 12.3 Å². The van der Waals surface area contributed by atoms with E-state index >= 15 is 0 Å². The molecule has 1 aromatic carbocycles. The first-order valence-electron chi connectivity index (χ1n) is 8.28. The van der Waals surface area contributed by atoms with E-state index in [-0.39, 0.29) is 6.10 Å². The molecule has 0 fully saturated rings. The maximum atomic E-state index is 12.9. The monoisotopic (exact) mass is 460 g/mol. The number of hydrogen-bond donors (Lipinski definition) is 3. The van der Waals surface area contributed by atoms with Gasteiger partial charge in [-0.05, 0) is 44.3 Å². The zero-order valence-electron chi connectivity index (χ0n) is 16.0. The van der Waals surface area contributed by atoms with E-state index in [9.17, 15) is 22.5 Å². The highest BCUT2D eigenvalue weighted by atomic mass is 32.7. The molecule has 13 heteroatoms. The molecule has 0 saturated heterocycles. The molecule has 0 spiro atoms. The Hall–Kier alpha value is -1.75. The number of alkyl halides is 3. The second-order valence-electron chi connectivity index (χ2n) is 5.66. The quantitative estimate of drug-likeness (QED) is 0.375. The first-order valence-corrected chi connectivity index (χ1v) is 11.5. The summed E-state index contributed by atoms with van der Waals surface area (Å²) in [4.78, 5) is 20.8. The van der Waals surface area contributed by atoms with Gasteiger partial charge in [0.1, 0.15) is 11.8 Å². The number of carbonyl (C=O) groups is 2. The van der Waals surface area contributed by atoms with Crippen LogP contribution >= 0.6 is 18.1 Å². The van der Waals surface area contributed by atoms with Crippen LogP contribution in [0.4, 0.5) is 13.2 Å². The van der Waals surface area contributed by atoms with Gasteiger partial charge in [-0.1, -0.05) is 18.2 Å². The van der Waals surface area contributed by atoms with Crippen LogP contribution in [-0.4, -0.2) is 47.7 Å². The second kappa shape index (κ2) is 12.7. The number of carbonyl (C=O) groups excluding carboxylic acids is 1. The third-order valence-corrected chi connectivity index (χ3v) is 6.67. The molecule has 0 bridgehead atoms. The van der Waals surface area contributed by atoms with Crippen LogP contribution in [0.5, 0.6) is 5.75 Å². The molecule has 0 heterocycles. The summed E-state index contributed by atoms with van der Waals surface area (Å²) in [5, 5.41) is 9.87. The van der Waals surface area contributed by atoms with E-state index in [1.807, 2.05) is 6.07 Å². The molecule has 1 aromatic rings. The largest absolute Gasteiger partial charge is 0.490 e. The Balaban J connectivity index is 0.000000956. The van der Waals surface area contributed by atoms with E-state index < -0.39 is 30.9 Å². The van der Waals surface area contributed by atoms with Crippen molar-refractivity contribution in [3.05, 3.63) is 30.3 Å². The number of nitrogens with one attached hydrogen (secondary N) is 1. The zero-order valence-corrected chi connectivity index (χ0v) is 17.7. The first-order chi connectivity index (χ1) is 13.3. The molecule has 2 atom stereocenters. The van der Waals surface area contributed by atoms with E-state index in [1.54, 1.807) is 45.0 Å². The van der Waals surface area contributed by atoms with Crippen LogP contribution in [0.3, 0.4) is 0 Å². The Morgan fingerprint density at radius 2 is 1.76 bits per heavy atom. The average Bonchev–Trinajstić information content (AvgIpc) is 2.60. The van der Waals surface area contributed by atoms with Crippen LogP contribution in [0.1, 0.15) is 20.8 Å². The van der Waals surface area contributed by atoms with E-state index in [0.29, 0.717) is 18.0 Å². The molecule has 0 radical (unpaired) electrons. The normalized spacial score (nSPS) is 14.2. The maximum Gasteiger partial charge on any atom is 0.490 e. The van der Waals surface area contributed by atoms with Gasteiger partial charge in [0.05, 0.1) is 6.10 Å². The highest BCUT2D eigenvalue weighted by Crippen LogP contribution is 2.55. The van der Waals surface area contributed by atoms with E-state index in [1.165, 1.54) is 0 Å². The summed E-state index contributed by atoms with van der Waals surface area (Å²) in [5.74, 6) is -2.32. The minimum absolute atomic E-state index is 0.233. The van der Waals surface area contributed by atoms with Crippen LogP contribution in [-0.2, 0) is 18.9 Å². The molecular weight excluding hydrogens is 436 g/mol. The number of carboxylic acids is 1. The van der Waals surface area contributed by atoms with Crippen LogP contribution in [0.15, 0.2) is 30.3 Å². The fourth-order valence-electron chi connectivity index (χ4n) is 1.51. The summed E-state index contributed by atoms with van der Waals surface area (Å²) in [6.45, 7) is 2.14. The summed E-state index contributed by atoms with van der Waals surface area (Å²) in [5.41, 5.74) is 5.47. The smallest absolute Gasteiger partial charge is 0.475 e. The number of rotatable bonds is 9. The van der Waals surface area contributed by atoms with Crippen molar-refractivity contribution in [2.45, 2.75) is 39.1 Å². The van der Waals surface area contributed by atoms with Gasteiger partial charge < -0.3 is 20.1 Å². The summed E-state index contributed by atoms with van der Waals surface area (Å²) in [6.07, 6.45) is -5.32. The fraction of sp³-hybridized carbons (Fsp3) is 0.500. The molecule has 0 aromatic heterocycles. The minimum Gasteiger partial charge on any atom is -0.475 e. The van der Waals surface area contributed by atoms with Gasteiger partial charge in [0.15, 0.2) is 0 Å². The third-order valence-electron chi connectivity index (χ3n) is 2.65. The van der Waals surface area contributed by atoms with Gasteiger partial charge in [-0.25, -0.2) is 14.4 Å². The minimum atomic E-state index is -5.08. The number of aliphatic carboxylic acids is 1. The molecular formula is C16H24F3N2O6PS. The van der Waals surface area contributed by atoms with Crippen molar-refractivity contribution in [1.29, 1.82) is 0 Å². The van der Waals surface area contributed by atoms with Crippen LogP contribution in [0, 0.1) is 0 Å². The van der Waals surface area contributed by atoms with Gasteiger partial charge >= 0.3 is 24.8 Å². The third kappa shape index (κ3) is 12.4. The molecule has 0 amide bonds. The highest BCUT2D eigenvalue weighted by molar-refractivity contribution is 8.56.